The van der Waals surface area contributed by atoms with Gasteiger partial charge in [-0.05, 0) is 18.1 Å². The molecule has 1 aliphatic rings. The van der Waals surface area contributed by atoms with Crippen LogP contribution < -0.4 is 22.1 Å². The monoisotopic (exact) mass is 206 g/mol. The van der Waals surface area contributed by atoms with Crippen LogP contribution in [0.2, 0.25) is 0 Å². The molecule has 1 aliphatic heterocycles. The molecule has 0 radical (unpaired) electrons. The van der Waals surface area contributed by atoms with E-state index in [0.29, 0.717) is 5.92 Å². The van der Waals surface area contributed by atoms with E-state index >= 15 is 0 Å². The Bertz CT molecular complexity index is 375. The van der Waals surface area contributed by atoms with Gasteiger partial charge in [0.2, 0.25) is 0 Å². The van der Waals surface area contributed by atoms with Crippen LogP contribution in [0.25, 0.3) is 0 Å². The summed E-state index contributed by atoms with van der Waals surface area (Å²) in [6.07, 6.45) is 0.848. The van der Waals surface area contributed by atoms with Crippen LogP contribution in [-0.2, 0) is 0 Å². The number of anilines is 3. The van der Waals surface area contributed by atoms with Crippen LogP contribution in [0.5, 0.6) is 0 Å². The molecule has 0 spiro atoms. The predicted molar refractivity (Wildman–Crippen MR) is 64.5 cm³/mol. The number of benzene rings is 1. The lowest BCUT2D eigenvalue weighted by Crippen LogP contribution is -2.52. The van der Waals surface area contributed by atoms with Crippen molar-refractivity contribution in [3.63, 3.8) is 0 Å². The van der Waals surface area contributed by atoms with E-state index in [1.54, 1.807) is 0 Å². The molecule has 0 saturated carbocycles. The van der Waals surface area contributed by atoms with Gasteiger partial charge in [-0.3, -0.25) is 5.73 Å². The first-order valence-electron chi connectivity index (χ1n) is 5.24. The summed E-state index contributed by atoms with van der Waals surface area (Å²) in [6.45, 7) is 4.29. The zero-order valence-electron chi connectivity index (χ0n) is 9.17. The van der Waals surface area contributed by atoms with E-state index < -0.39 is 5.79 Å². The standard InChI is InChI=1S/C11H18N4/c1-7(2)6-11(13)14-9-5-3-4-8(12)10(9)15-11/h3-5,7,14-15H,6,12-13H2,1-2H3. The van der Waals surface area contributed by atoms with E-state index in [1.807, 2.05) is 18.2 Å². The summed E-state index contributed by atoms with van der Waals surface area (Å²) in [7, 11) is 0. The first-order chi connectivity index (χ1) is 7.00. The molecule has 15 heavy (non-hydrogen) atoms. The van der Waals surface area contributed by atoms with Gasteiger partial charge in [0.15, 0.2) is 5.79 Å². The van der Waals surface area contributed by atoms with E-state index in [0.717, 1.165) is 23.5 Å². The topological polar surface area (TPSA) is 76.1 Å². The summed E-state index contributed by atoms with van der Waals surface area (Å²) in [5.74, 6) is -0.0445. The lowest BCUT2D eigenvalue weighted by Gasteiger charge is -2.27. The molecule has 0 bridgehead atoms. The van der Waals surface area contributed by atoms with Gasteiger partial charge in [-0.2, -0.15) is 0 Å². The lowest BCUT2D eigenvalue weighted by molar-refractivity contribution is 0.431. The summed E-state index contributed by atoms with van der Waals surface area (Å²) in [6, 6.07) is 5.77. The summed E-state index contributed by atoms with van der Waals surface area (Å²) in [5.41, 5.74) is 14.7. The fourth-order valence-electron chi connectivity index (χ4n) is 2.05. The second kappa shape index (κ2) is 3.31. The maximum Gasteiger partial charge on any atom is 0.162 e. The van der Waals surface area contributed by atoms with Crippen molar-refractivity contribution in [2.75, 3.05) is 16.4 Å². The highest BCUT2D eigenvalue weighted by Gasteiger charge is 2.33. The largest absolute Gasteiger partial charge is 0.397 e. The van der Waals surface area contributed by atoms with Crippen LogP contribution in [0.1, 0.15) is 20.3 Å². The summed E-state index contributed by atoms with van der Waals surface area (Å²) in [5, 5.41) is 6.52. The van der Waals surface area contributed by atoms with Gasteiger partial charge in [-0.1, -0.05) is 19.9 Å². The highest BCUT2D eigenvalue weighted by Crippen LogP contribution is 2.38. The highest BCUT2D eigenvalue weighted by atomic mass is 15.3. The van der Waals surface area contributed by atoms with Crippen molar-refractivity contribution in [3.05, 3.63) is 18.2 Å². The van der Waals surface area contributed by atoms with Crippen LogP contribution >= 0.6 is 0 Å². The fraction of sp³-hybridized carbons (Fsp3) is 0.455. The van der Waals surface area contributed by atoms with Crippen LogP contribution in [0, 0.1) is 5.92 Å². The lowest BCUT2D eigenvalue weighted by atomic mass is 10.1. The minimum atomic E-state index is -0.564. The molecule has 4 nitrogen and oxygen atoms in total. The molecular weight excluding hydrogens is 188 g/mol. The van der Waals surface area contributed by atoms with Crippen LogP contribution in [0.4, 0.5) is 17.1 Å². The Hall–Kier alpha value is -1.42. The van der Waals surface area contributed by atoms with Gasteiger partial charge in [0.25, 0.3) is 0 Å². The maximum absolute atomic E-state index is 6.20. The van der Waals surface area contributed by atoms with E-state index in [2.05, 4.69) is 24.5 Å². The molecule has 0 aromatic heterocycles. The molecule has 1 aromatic rings. The molecule has 6 N–H and O–H groups in total. The molecule has 4 heteroatoms. The summed E-state index contributed by atoms with van der Waals surface area (Å²) >= 11 is 0. The Morgan fingerprint density at radius 2 is 2.07 bits per heavy atom. The highest BCUT2D eigenvalue weighted by molar-refractivity contribution is 5.85. The Morgan fingerprint density at radius 3 is 2.67 bits per heavy atom. The molecule has 0 amide bonds. The van der Waals surface area contributed by atoms with Gasteiger partial charge in [-0.25, -0.2) is 0 Å². The summed E-state index contributed by atoms with van der Waals surface area (Å²) in [4.78, 5) is 0. The van der Waals surface area contributed by atoms with Crippen molar-refractivity contribution >= 4 is 17.1 Å². The molecule has 1 heterocycles. The molecule has 0 saturated heterocycles. The third-order valence-electron chi connectivity index (χ3n) is 2.53. The van der Waals surface area contributed by atoms with Gasteiger partial charge in [0.1, 0.15) is 0 Å². The number of hydrogen-bond acceptors (Lipinski definition) is 4. The minimum absolute atomic E-state index is 0.519. The fourth-order valence-corrected chi connectivity index (χ4v) is 2.05. The van der Waals surface area contributed by atoms with Gasteiger partial charge in [-0.15, -0.1) is 0 Å². The normalized spacial score (nSPS) is 23.5. The Labute approximate surface area is 90.0 Å². The predicted octanol–water partition coefficient (Wildman–Crippen LogP) is 1.76. The third-order valence-corrected chi connectivity index (χ3v) is 2.53. The van der Waals surface area contributed by atoms with Crippen molar-refractivity contribution in [3.8, 4) is 0 Å². The van der Waals surface area contributed by atoms with Crippen LogP contribution in [0.3, 0.4) is 0 Å². The molecular formula is C11H18N4. The Balaban J connectivity index is 2.25. The number of hydrogen-bond donors (Lipinski definition) is 4. The molecule has 1 atom stereocenters. The number of rotatable bonds is 2. The van der Waals surface area contributed by atoms with Gasteiger partial charge in [0.05, 0.1) is 17.1 Å². The van der Waals surface area contributed by atoms with Crippen molar-refractivity contribution in [2.45, 2.75) is 26.1 Å². The average Bonchev–Trinajstić information content (AvgIpc) is 2.41. The molecule has 1 aromatic carbocycles. The van der Waals surface area contributed by atoms with E-state index in [-0.39, 0.29) is 0 Å². The zero-order valence-corrected chi connectivity index (χ0v) is 9.17. The van der Waals surface area contributed by atoms with E-state index in [4.69, 9.17) is 11.5 Å². The van der Waals surface area contributed by atoms with Crippen LogP contribution in [0.15, 0.2) is 18.2 Å². The van der Waals surface area contributed by atoms with Crippen molar-refractivity contribution in [1.29, 1.82) is 0 Å². The minimum Gasteiger partial charge on any atom is -0.397 e. The Morgan fingerprint density at radius 1 is 1.33 bits per heavy atom. The van der Waals surface area contributed by atoms with Crippen molar-refractivity contribution in [2.24, 2.45) is 11.7 Å². The second-order valence-corrected chi connectivity index (χ2v) is 4.59. The molecule has 0 fully saturated rings. The SMILES string of the molecule is CC(C)CC1(N)Nc2cccc(N)c2N1. The zero-order chi connectivity index (χ0) is 11.1. The number of fused-ring (bicyclic) bond motifs is 1. The van der Waals surface area contributed by atoms with Gasteiger partial charge in [0, 0.05) is 6.42 Å². The second-order valence-electron chi connectivity index (χ2n) is 4.59. The first-order valence-corrected chi connectivity index (χ1v) is 5.24. The van der Waals surface area contributed by atoms with Gasteiger partial charge >= 0.3 is 0 Å². The Kier molecular flexibility index (Phi) is 2.23. The van der Waals surface area contributed by atoms with E-state index in [1.165, 1.54) is 0 Å². The van der Waals surface area contributed by atoms with Crippen molar-refractivity contribution in [1.82, 2.24) is 0 Å². The molecule has 2 rings (SSSR count). The average molecular weight is 206 g/mol. The quantitative estimate of drug-likeness (QED) is 0.556. The van der Waals surface area contributed by atoms with Crippen LogP contribution in [-0.4, -0.2) is 5.79 Å². The maximum atomic E-state index is 6.20. The smallest absolute Gasteiger partial charge is 0.162 e. The molecule has 82 valence electrons. The third kappa shape index (κ3) is 1.85. The number of nitrogens with one attached hydrogen (secondary N) is 2. The molecule has 1 unspecified atom stereocenters. The van der Waals surface area contributed by atoms with Crippen molar-refractivity contribution < 1.29 is 0 Å². The summed E-state index contributed by atoms with van der Waals surface area (Å²) < 4.78 is 0. The first kappa shape index (κ1) is 10.1. The number of nitrogen functional groups attached to an aromatic ring is 1. The number of nitrogens with two attached hydrogens (primary N) is 2. The molecule has 0 aliphatic carbocycles. The van der Waals surface area contributed by atoms with Gasteiger partial charge < -0.3 is 16.4 Å². The number of para-hydroxylation sites is 1. The van der Waals surface area contributed by atoms with E-state index in [9.17, 15) is 0 Å².